The van der Waals surface area contributed by atoms with Gasteiger partial charge in [0.15, 0.2) is 0 Å². The second-order valence-corrected chi connectivity index (χ2v) is 1.68. The second kappa shape index (κ2) is 5.81. The predicted octanol–water partition coefficient (Wildman–Crippen LogP) is -5.62. The molecule has 0 N–H and O–H groups in total. The van der Waals surface area contributed by atoms with E-state index in [2.05, 4.69) is 0 Å². The van der Waals surface area contributed by atoms with Gasteiger partial charge in [0.25, 0.3) is 0 Å². The van der Waals surface area contributed by atoms with Crippen molar-refractivity contribution in [3.05, 3.63) is 0 Å². The number of hydrogen-bond donors (Lipinski definition) is 0. The summed E-state index contributed by atoms with van der Waals surface area (Å²) in [4.78, 5) is 0. The minimum Gasteiger partial charge on any atom is 2.00 e. The molecule has 0 aromatic heterocycles. The Morgan fingerprint density at radius 1 is 1.14 bits per heavy atom. The van der Waals surface area contributed by atoms with E-state index in [1.807, 2.05) is 0 Å². The van der Waals surface area contributed by atoms with E-state index < -0.39 is 13.6 Å². The third kappa shape index (κ3) is 88.0. The van der Waals surface area contributed by atoms with Crippen molar-refractivity contribution in [1.29, 1.82) is 0 Å². The van der Waals surface area contributed by atoms with Gasteiger partial charge in [-0.05, 0) is 0 Å². The summed E-state index contributed by atoms with van der Waals surface area (Å²) in [5.74, 6) is 0. The first-order valence-corrected chi connectivity index (χ1v) is 2.75. The van der Waals surface area contributed by atoms with Gasteiger partial charge in [-0.1, -0.05) is 0 Å². The van der Waals surface area contributed by atoms with Crippen molar-refractivity contribution in [2.24, 2.45) is 0 Å². The fourth-order valence-electron chi connectivity index (χ4n) is 0. The first kappa shape index (κ1) is 15.9. The molecular formula is CrNaO4Zn+. The molecule has 7 heavy (non-hydrogen) atoms. The van der Waals surface area contributed by atoms with Gasteiger partial charge in [0.2, 0.25) is 0 Å². The summed E-state index contributed by atoms with van der Waals surface area (Å²) in [6.07, 6.45) is 0. The van der Waals surface area contributed by atoms with Crippen LogP contribution in [0.4, 0.5) is 0 Å². The first-order valence-electron chi connectivity index (χ1n) is 0.667. The van der Waals surface area contributed by atoms with Gasteiger partial charge in [0, 0.05) is 0 Å². The zero-order chi connectivity index (χ0) is 4.50. The van der Waals surface area contributed by atoms with Crippen LogP contribution in [0.5, 0.6) is 0 Å². The van der Waals surface area contributed by atoms with Crippen LogP contribution in [0.2, 0.25) is 0 Å². The van der Waals surface area contributed by atoms with Crippen LogP contribution in [0.25, 0.3) is 0 Å². The molecule has 0 radical (unpaired) electrons. The predicted molar refractivity (Wildman–Crippen MR) is 1.37 cm³/mol. The molecule has 0 aromatic rings. The average molecular weight is 204 g/mol. The Balaban J connectivity index is -0.0000000800. The van der Waals surface area contributed by atoms with E-state index in [4.69, 9.17) is 15.9 Å². The molecule has 0 amide bonds. The minimum atomic E-state index is -5.75. The van der Waals surface area contributed by atoms with Crippen molar-refractivity contribution in [2.45, 2.75) is 0 Å². The molecule has 0 aliphatic heterocycles. The summed E-state index contributed by atoms with van der Waals surface area (Å²) in [7, 11) is 0. The van der Waals surface area contributed by atoms with E-state index >= 15 is 0 Å². The van der Waals surface area contributed by atoms with Crippen LogP contribution in [0.1, 0.15) is 0 Å². The Morgan fingerprint density at radius 3 is 1.14 bits per heavy atom. The molecule has 0 aliphatic rings. The van der Waals surface area contributed by atoms with Crippen LogP contribution < -0.4 is 37.9 Å². The summed E-state index contributed by atoms with van der Waals surface area (Å²) in [5.41, 5.74) is 0. The maximum Gasteiger partial charge on any atom is 2.00 e. The Kier molecular flexibility index (Phi) is 13.2. The molecule has 0 spiro atoms. The van der Waals surface area contributed by atoms with Gasteiger partial charge < -0.3 is 0 Å². The van der Waals surface area contributed by atoms with Gasteiger partial charge in [-0.25, -0.2) is 0 Å². The fraction of sp³-hybridized carbons (Fsp3) is 0. The molecule has 4 nitrogen and oxygen atoms in total. The molecule has 0 heterocycles. The fourth-order valence-corrected chi connectivity index (χ4v) is 0. The molecule has 0 atom stereocenters. The maximum atomic E-state index is 8.59. The Hall–Kier alpha value is 1.68. The summed E-state index contributed by atoms with van der Waals surface area (Å²) >= 11 is -5.75. The van der Waals surface area contributed by atoms with Crippen LogP contribution in [-0.2, 0) is 40.7 Å². The number of rotatable bonds is 0. The standard InChI is InChI=1S/Cr.Na.4O.Zn/q;+1;;;2*-1;+2. The summed E-state index contributed by atoms with van der Waals surface area (Å²) in [6, 6.07) is 0. The topological polar surface area (TPSA) is 80.3 Å². The van der Waals surface area contributed by atoms with E-state index in [9.17, 15) is 0 Å². The number of hydrogen-bond acceptors (Lipinski definition) is 4. The second-order valence-electron chi connectivity index (χ2n) is 0.408. The van der Waals surface area contributed by atoms with Gasteiger partial charge in [0.1, 0.15) is 0 Å². The largest absolute Gasteiger partial charge is 2.00 e. The van der Waals surface area contributed by atoms with E-state index in [0.717, 1.165) is 0 Å². The third-order valence-corrected chi connectivity index (χ3v) is 0. The van der Waals surface area contributed by atoms with Gasteiger partial charge in [-0.3, -0.25) is 0 Å². The minimum absolute atomic E-state index is 0. The molecule has 0 aromatic carbocycles. The summed E-state index contributed by atoms with van der Waals surface area (Å²) in [6.45, 7) is 0. The Bertz CT molecular complexity index is 94.9. The van der Waals surface area contributed by atoms with E-state index in [1.165, 1.54) is 0 Å². The molecule has 0 saturated heterocycles. The first-order chi connectivity index (χ1) is 2.00. The Morgan fingerprint density at radius 2 is 1.14 bits per heavy atom. The summed E-state index contributed by atoms with van der Waals surface area (Å²) in [5, 5.41) is 0. The smallest absolute Gasteiger partial charge is 2.00 e. The van der Waals surface area contributed by atoms with Gasteiger partial charge in [-0.2, -0.15) is 0 Å². The SMILES string of the molecule is [Na+].[O]=[Cr](=[O])([O-])[O-].[Zn+2]. The van der Waals surface area contributed by atoms with Gasteiger partial charge >= 0.3 is 78.6 Å². The van der Waals surface area contributed by atoms with Crippen LogP contribution in [0, 0.1) is 0 Å². The quantitative estimate of drug-likeness (QED) is 0.369. The molecule has 0 saturated carbocycles. The third-order valence-electron chi connectivity index (χ3n) is 0. The van der Waals surface area contributed by atoms with Crippen molar-refractivity contribution in [2.75, 3.05) is 0 Å². The van der Waals surface area contributed by atoms with Crippen LogP contribution in [0.15, 0.2) is 0 Å². The Labute approximate surface area is 77.7 Å². The van der Waals surface area contributed by atoms with Crippen molar-refractivity contribution in [3.63, 3.8) is 0 Å². The van der Waals surface area contributed by atoms with Crippen molar-refractivity contribution in [3.8, 4) is 0 Å². The molecular weight excluding hydrogens is 204 g/mol. The van der Waals surface area contributed by atoms with Crippen molar-refractivity contribution < 1.29 is 78.6 Å². The zero-order valence-electron chi connectivity index (χ0n) is 3.75. The van der Waals surface area contributed by atoms with E-state index in [-0.39, 0.29) is 49.0 Å². The maximum absolute atomic E-state index is 8.59. The summed E-state index contributed by atoms with van der Waals surface area (Å²) < 4.78 is 34.4. The monoisotopic (exact) mass is 203 g/mol. The van der Waals surface area contributed by atoms with Crippen LogP contribution in [0.3, 0.4) is 0 Å². The molecule has 0 aliphatic carbocycles. The molecule has 32 valence electrons. The molecule has 7 heteroatoms. The van der Waals surface area contributed by atoms with Crippen molar-refractivity contribution in [1.82, 2.24) is 0 Å². The molecule has 0 unspecified atom stereocenters. The van der Waals surface area contributed by atoms with Gasteiger partial charge in [0.05, 0.1) is 0 Å². The van der Waals surface area contributed by atoms with E-state index in [1.54, 1.807) is 0 Å². The van der Waals surface area contributed by atoms with E-state index in [0.29, 0.717) is 0 Å². The van der Waals surface area contributed by atoms with Crippen LogP contribution >= 0.6 is 0 Å². The average Bonchev–Trinajstić information content (AvgIpc) is 0.722. The molecule has 0 rings (SSSR count). The van der Waals surface area contributed by atoms with Crippen LogP contribution in [-0.4, -0.2) is 0 Å². The normalized spacial score (nSPS) is 8.29. The van der Waals surface area contributed by atoms with Gasteiger partial charge in [-0.15, -0.1) is 0 Å². The van der Waals surface area contributed by atoms with Crippen molar-refractivity contribution >= 4 is 0 Å². The molecule has 0 bridgehead atoms. The molecule has 0 fully saturated rings. The zero-order valence-corrected chi connectivity index (χ0v) is 9.99.